The lowest BCUT2D eigenvalue weighted by Gasteiger charge is -2.08. The lowest BCUT2D eigenvalue weighted by Crippen LogP contribution is -2.21. The smallest absolute Gasteiger partial charge is 0.338 e. The van der Waals surface area contributed by atoms with Crippen molar-refractivity contribution in [2.75, 3.05) is 11.9 Å². The van der Waals surface area contributed by atoms with Crippen molar-refractivity contribution in [2.45, 2.75) is 19.8 Å². The van der Waals surface area contributed by atoms with E-state index in [0.717, 1.165) is 17.3 Å². The number of carbonyl (C=O) groups excluding carboxylic acids is 2. The number of benzene rings is 2. The molecule has 1 amide bonds. The van der Waals surface area contributed by atoms with E-state index in [4.69, 9.17) is 4.74 Å². The highest BCUT2D eigenvalue weighted by Gasteiger charge is 2.13. The van der Waals surface area contributed by atoms with Gasteiger partial charge in [0.05, 0.1) is 23.0 Å². The fourth-order valence-corrected chi connectivity index (χ4v) is 2.86. The molecule has 0 aliphatic rings. The molecule has 3 rings (SSSR count). The number of nitrogens with one attached hydrogen (secondary N) is 1. The molecule has 0 unspecified atom stereocenters. The number of ether oxygens (including phenoxy) is 1. The number of anilines is 1. The van der Waals surface area contributed by atoms with Crippen LogP contribution in [0.15, 0.2) is 42.5 Å². The fourth-order valence-electron chi connectivity index (χ4n) is 2.31. The molecule has 0 spiro atoms. The van der Waals surface area contributed by atoms with Gasteiger partial charge in [0.1, 0.15) is 11.0 Å². The average Bonchev–Trinajstić information content (AvgIpc) is 3.09. The van der Waals surface area contributed by atoms with Crippen molar-refractivity contribution < 1.29 is 14.3 Å². The van der Waals surface area contributed by atoms with Gasteiger partial charge in [-0.25, -0.2) is 4.79 Å². The average molecular weight is 355 g/mol. The number of rotatable bonds is 5. The van der Waals surface area contributed by atoms with Gasteiger partial charge >= 0.3 is 5.97 Å². The number of amides is 1. The Morgan fingerprint density at radius 3 is 2.60 bits per heavy atom. The molecule has 0 fully saturated rings. The second-order valence-corrected chi connectivity index (χ2v) is 6.37. The van der Waals surface area contributed by atoms with Crippen molar-refractivity contribution >= 4 is 40.3 Å². The third kappa shape index (κ3) is 4.00. The number of aromatic nitrogens is 2. The lowest BCUT2D eigenvalue weighted by atomic mass is 10.0. The Labute approximate surface area is 149 Å². The number of carbonyl (C=O) groups is 2. The molecule has 128 valence electrons. The van der Waals surface area contributed by atoms with Crippen molar-refractivity contribution in [1.82, 2.24) is 8.75 Å². The highest BCUT2D eigenvalue weighted by Crippen LogP contribution is 2.21. The van der Waals surface area contributed by atoms with E-state index in [1.807, 2.05) is 18.2 Å². The molecule has 7 heteroatoms. The molecule has 0 atom stereocenters. The van der Waals surface area contributed by atoms with Gasteiger partial charge in [-0.15, -0.1) is 0 Å². The fraction of sp³-hybridized carbons (Fsp3) is 0.222. The quantitative estimate of drug-likeness (QED) is 0.707. The summed E-state index contributed by atoms with van der Waals surface area (Å²) < 4.78 is 13.3. The Balaban J connectivity index is 1.58. The standard InChI is InChI=1S/C18H17N3O3S/c1-11(2)12-6-8-13(9-7-12)18(23)24-10-16(22)19-14-4-3-5-15-17(14)21-25-20-15/h3-9,11H,10H2,1-2H3,(H,19,22). The molecule has 1 heterocycles. The lowest BCUT2D eigenvalue weighted by molar-refractivity contribution is -0.119. The van der Waals surface area contributed by atoms with E-state index in [1.165, 1.54) is 0 Å². The molecule has 1 aromatic heterocycles. The Hall–Kier alpha value is -2.80. The summed E-state index contributed by atoms with van der Waals surface area (Å²) in [6, 6.07) is 12.5. The van der Waals surface area contributed by atoms with Gasteiger partial charge in [0.2, 0.25) is 0 Å². The molecule has 2 aromatic carbocycles. The number of hydrogen-bond acceptors (Lipinski definition) is 6. The molecule has 0 aliphatic heterocycles. The first-order chi connectivity index (χ1) is 12.0. The van der Waals surface area contributed by atoms with Gasteiger partial charge in [-0.3, -0.25) is 4.79 Å². The zero-order chi connectivity index (χ0) is 17.8. The number of hydrogen-bond donors (Lipinski definition) is 1. The van der Waals surface area contributed by atoms with Crippen molar-refractivity contribution in [3.63, 3.8) is 0 Å². The largest absolute Gasteiger partial charge is 0.452 e. The molecule has 6 nitrogen and oxygen atoms in total. The summed E-state index contributed by atoms with van der Waals surface area (Å²) in [5.74, 6) is -0.564. The van der Waals surface area contributed by atoms with Crippen LogP contribution in [0, 0.1) is 0 Å². The molecule has 1 N–H and O–H groups in total. The van der Waals surface area contributed by atoms with Crippen LogP contribution in [0.2, 0.25) is 0 Å². The van der Waals surface area contributed by atoms with Crippen LogP contribution in [0.3, 0.4) is 0 Å². The van der Waals surface area contributed by atoms with Gasteiger partial charge in [0.25, 0.3) is 5.91 Å². The van der Waals surface area contributed by atoms with Gasteiger partial charge in [-0.2, -0.15) is 8.75 Å². The zero-order valence-electron chi connectivity index (χ0n) is 13.9. The number of nitrogens with zero attached hydrogens (tertiary/aromatic N) is 2. The van der Waals surface area contributed by atoms with Crippen LogP contribution in [0.1, 0.15) is 35.7 Å². The number of fused-ring (bicyclic) bond motifs is 1. The first-order valence-corrected chi connectivity index (χ1v) is 8.56. The summed E-state index contributed by atoms with van der Waals surface area (Å²) in [7, 11) is 0. The molecule has 0 aliphatic carbocycles. The summed E-state index contributed by atoms with van der Waals surface area (Å²) >= 11 is 1.08. The molecular weight excluding hydrogens is 338 g/mol. The van der Waals surface area contributed by atoms with E-state index in [1.54, 1.807) is 24.3 Å². The summed E-state index contributed by atoms with van der Waals surface area (Å²) in [4.78, 5) is 24.1. The van der Waals surface area contributed by atoms with Gasteiger partial charge in [-0.05, 0) is 35.7 Å². The molecule has 0 saturated carbocycles. The maximum absolute atomic E-state index is 12.0. The normalized spacial score (nSPS) is 10.8. The van der Waals surface area contributed by atoms with E-state index in [9.17, 15) is 9.59 Å². The van der Waals surface area contributed by atoms with Crippen LogP contribution in [0.4, 0.5) is 5.69 Å². The summed E-state index contributed by atoms with van der Waals surface area (Å²) in [6.45, 7) is 3.80. The van der Waals surface area contributed by atoms with Crippen LogP contribution < -0.4 is 5.32 Å². The molecule has 0 saturated heterocycles. The van der Waals surface area contributed by atoms with E-state index >= 15 is 0 Å². The number of esters is 1. The molecule has 0 bridgehead atoms. The first kappa shape index (κ1) is 17.0. The molecular formula is C18H17N3O3S. The van der Waals surface area contributed by atoms with Crippen molar-refractivity contribution in [3.05, 3.63) is 53.6 Å². The van der Waals surface area contributed by atoms with Crippen LogP contribution in [-0.2, 0) is 9.53 Å². The maximum atomic E-state index is 12.0. The minimum Gasteiger partial charge on any atom is -0.452 e. The summed E-state index contributed by atoms with van der Waals surface area (Å²) in [5.41, 5.74) is 3.44. The predicted octanol–water partition coefficient (Wildman–Crippen LogP) is 3.61. The second-order valence-electron chi connectivity index (χ2n) is 5.84. The monoisotopic (exact) mass is 355 g/mol. The van der Waals surface area contributed by atoms with E-state index < -0.39 is 11.9 Å². The minimum atomic E-state index is -0.529. The van der Waals surface area contributed by atoms with E-state index in [2.05, 4.69) is 27.9 Å². The van der Waals surface area contributed by atoms with Crippen molar-refractivity contribution in [2.24, 2.45) is 0 Å². The van der Waals surface area contributed by atoms with Gasteiger partial charge in [-0.1, -0.05) is 32.0 Å². The van der Waals surface area contributed by atoms with Gasteiger partial charge < -0.3 is 10.1 Å². The Morgan fingerprint density at radius 2 is 1.88 bits per heavy atom. The van der Waals surface area contributed by atoms with E-state index in [-0.39, 0.29) is 6.61 Å². The predicted molar refractivity (Wildman–Crippen MR) is 96.9 cm³/mol. The maximum Gasteiger partial charge on any atom is 0.338 e. The SMILES string of the molecule is CC(C)c1ccc(C(=O)OCC(=O)Nc2cccc3nsnc23)cc1. The molecule has 25 heavy (non-hydrogen) atoms. The van der Waals surface area contributed by atoms with Gasteiger partial charge in [0.15, 0.2) is 6.61 Å². The first-order valence-electron chi connectivity index (χ1n) is 7.83. The summed E-state index contributed by atoms with van der Waals surface area (Å²) in [5, 5.41) is 2.69. The van der Waals surface area contributed by atoms with Crippen LogP contribution in [0.25, 0.3) is 11.0 Å². The third-order valence-corrected chi connectivity index (χ3v) is 4.25. The van der Waals surface area contributed by atoms with Crippen LogP contribution in [0.5, 0.6) is 0 Å². The Bertz CT molecular complexity index is 903. The highest BCUT2D eigenvalue weighted by atomic mass is 32.1. The third-order valence-electron chi connectivity index (χ3n) is 3.71. The minimum absolute atomic E-state index is 0.362. The Kier molecular flexibility index (Phi) is 5.04. The van der Waals surface area contributed by atoms with Crippen LogP contribution in [-0.4, -0.2) is 27.2 Å². The second kappa shape index (κ2) is 7.40. The van der Waals surface area contributed by atoms with E-state index in [0.29, 0.717) is 28.2 Å². The summed E-state index contributed by atoms with van der Waals surface area (Å²) in [6.07, 6.45) is 0. The van der Waals surface area contributed by atoms with Crippen molar-refractivity contribution in [1.29, 1.82) is 0 Å². The Morgan fingerprint density at radius 1 is 1.12 bits per heavy atom. The zero-order valence-corrected chi connectivity index (χ0v) is 14.7. The van der Waals surface area contributed by atoms with Crippen molar-refractivity contribution in [3.8, 4) is 0 Å². The van der Waals surface area contributed by atoms with Gasteiger partial charge in [0, 0.05) is 0 Å². The van der Waals surface area contributed by atoms with Crippen LogP contribution >= 0.6 is 11.7 Å². The topological polar surface area (TPSA) is 81.2 Å². The highest BCUT2D eigenvalue weighted by molar-refractivity contribution is 7.00. The molecule has 0 radical (unpaired) electrons. The molecule has 3 aromatic rings.